The van der Waals surface area contributed by atoms with Crippen molar-refractivity contribution in [1.82, 2.24) is 15.5 Å². The summed E-state index contributed by atoms with van der Waals surface area (Å²) in [6, 6.07) is 5.20. The maximum atomic E-state index is 13.0. The topological polar surface area (TPSA) is 102 Å². The van der Waals surface area contributed by atoms with Gasteiger partial charge < -0.3 is 15.5 Å². The smallest absolute Gasteiger partial charge is 0.322 e. The van der Waals surface area contributed by atoms with E-state index in [1.54, 1.807) is 6.07 Å². The monoisotopic (exact) mass is 451 g/mol. The number of nitrogens with zero attached hydrogens (tertiary/aromatic N) is 1. The van der Waals surface area contributed by atoms with Gasteiger partial charge in [-0.2, -0.15) is 0 Å². The lowest BCUT2D eigenvalue weighted by Gasteiger charge is -2.60. The number of phenolic OH excluding ortho intramolecular Hbond substituents is 1. The van der Waals surface area contributed by atoms with Gasteiger partial charge in [0.05, 0.1) is 5.60 Å². The van der Waals surface area contributed by atoms with Crippen molar-refractivity contribution >= 4 is 11.9 Å². The summed E-state index contributed by atoms with van der Waals surface area (Å²) in [7, 11) is 0. The van der Waals surface area contributed by atoms with Crippen molar-refractivity contribution in [2.75, 3.05) is 13.1 Å². The third-order valence-electron chi connectivity index (χ3n) is 10.4. The summed E-state index contributed by atoms with van der Waals surface area (Å²) < 4.78 is 0. The van der Waals surface area contributed by atoms with Crippen molar-refractivity contribution in [2.24, 2.45) is 17.8 Å². The normalized spacial score (nSPS) is 44.0. The Balaban J connectivity index is 1.34. The number of benzene rings is 1. The third-order valence-corrected chi connectivity index (χ3v) is 10.4. The van der Waals surface area contributed by atoms with E-state index >= 15 is 0 Å². The van der Waals surface area contributed by atoms with Crippen LogP contribution in [0.1, 0.15) is 62.5 Å². The highest BCUT2D eigenvalue weighted by Gasteiger charge is 2.79. The van der Waals surface area contributed by atoms with Crippen LogP contribution in [0, 0.1) is 17.8 Å². The molecule has 0 aromatic heterocycles. The number of nitrogens with one attached hydrogen (secondary N) is 2. The van der Waals surface area contributed by atoms with Crippen LogP contribution in [0.2, 0.25) is 0 Å². The van der Waals surface area contributed by atoms with Gasteiger partial charge in [-0.15, -0.1) is 0 Å². The first-order valence-corrected chi connectivity index (χ1v) is 12.8. The summed E-state index contributed by atoms with van der Waals surface area (Å²) in [5, 5.41) is 28.5. The van der Waals surface area contributed by atoms with Crippen molar-refractivity contribution in [1.29, 1.82) is 0 Å². The third kappa shape index (κ3) is 2.42. The van der Waals surface area contributed by atoms with Crippen molar-refractivity contribution in [3.63, 3.8) is 0 Å². The van der Waals surface area contributed by atoms with Crippen LogP contribution < -0.4 is 10.6 Å². The maximum Gasteiger partial charge on any atom is 0.322 e. The first-order chi connectivity index (χ1) is 15.9. The van der Waals surface area contributed by atoms with Crippen LogP contribution in [0.4, 0.5) is 4.79 Å². The fraction of sp³-hybridized carbons (Fsp3) is 0.692. The number of phenols is 1. The lowest BCUT2D eigenvalue weighted by Crippen LogP contribution is -2.71. The number of urea groups is 1. The SMILES string of the molecule is O=C1NC(=O)[C@@]2(CC[C@@]3(O)C4C5Cc6ccc(O)cc6[C@]3(C2)C5CN4CC2CCCCC2)N1. The van der Waals surface area contributed by atoms with E-state index in [4.69, 9.17) is 0 Å². The van der Waals surface area contributed by atoms with Gasteiger partial charge in [0.2, 0.25) is 0 Å². The molecule has 2 heterocycles. The number of carbonyl (C=O) groups excluding carboxylic acids is 2. The van der Waals surface area contributed by atoms with E-state index in [-0.39, 0.29) is 23.6 Å². The summed E-state index contributed by atoms with van der Waals surface area (Å²) in [6.07, 6.45) is 8.77. The van der Waals surface area contributed by atoms with Crippen LogP contribution >= 0.6 is 0 Å². The Bertz CT molecular complexity index is 1050. The fourth-order valence-corrected chi connectivity index (χ4v) is 9.29. The van der Waals surface area contributed by atoms with Crippen molar-refractivity contribution in [2.45, 2.75) is 80.4 Å². The minimum atomic E-state index is -0.980. The Hall–Kier alpha value is -2.12. The highest BCUT2D eigenvalue weighted by atomic mass is 16.3. The zero-order valence-corrected chi connectivity index (χ0v) is 19.0. The Labute approximate surface area is 193 Å². The van der Waals surface area contributed by atoms with Crippen LogP contribution in [-0.4, -0.2) is 57.3 Å². The second-order valence-corrected chi connectivity index (χ2v) is 11.8. The van der Waals surface area contributed by atoms with E-state index in [1.165, 1.54) is 37.7 Å². The lowest BCUT2D eigenvalue weighted by molar-refractivity contribution is -0.153. The number of hydrogen-bond acceptors (Lipinski definition) is 5. The van der Waals surface area contributed by atoms with E-state index in [0.29, 0.717) is 31.1 Å². The molecule has 4 bridgehead atoms. The van der Waals surface area contributed by atoms with Gasteiger partial charge >= 0.3 is 6.03 Å². The molecular weight excluding hydrogens is 418 g/mol. The molecule has 6 atom stereocenters. The quantitative estimate of drug-likeness (QED) is 0.517. The van der Waals surface area contributed by atoms with Crippen LogP contribution in [0.15, 0.2) is 18.2 Å². The van der Waals surface area contributed by atoms with E-state index in [2.05, 4.69) is 15.5 Å². The first kappa shape index (κ1) is 20.3. The molecule has 4 N–H and O–H groups in total. The molecule has 6 aliphatic rings. The van der Waals surface area contributed by atoms with Crippen molar-refractivity contribution < 1.29 is 19.8 Å². The van der Waals surface area contributed by atoms with Crippen LogP contribution in [0.25, 0.3) is 0 Å². The molecule has 2 spiro atoms. The highest BCUT2D eigenvalue weighted by Crippen LogP contribution is 2.70. The van der Waals surface area contributed by atoms with Crippen LogP contribution in [0.5, 0.6) is 5.75 Å². The van der Waals surface area contributed by atoms with Gasteiger partial charge in [-0.1, -0.05) is 25.3 Å². The number of imide groups is 1. The predicted molar refractivity (Wildman–Crippen MR) is 121 cm³/mol. The molecule has 7 heteroatoms. The van der Waals surface area contributed by atoms with Gasteiger partial charge in [-0.3, -0.25) is 15.0 Å². The number of amides is 3. The first-order valence-electron chi connectivity index (χ1n) is 12.8. The molecule has 5 fully saturated rings. The molecule has 7 nitrogen and oxygen atoms in total. The number of aromatic hydroxyl groups is 1. The fourth-order valence-electron chi connectivity index (χ4n) is 9.29. The number of rotatable bonds is 2. The summed E-state index contributed by atoms with van der Waals surface area (Å²) >= 11 is 0. The number of piperidine rings is 1. The second kappa shape index (κ2) is 6.51. The van der Waals surface area contributed by atoms with Gasteiger partial charge in [0, 0.05) is 24.5 Å². The summed E-state index contributed by atoms with van der Waals surface area (Å²) in [5.41, 5.74) is -0.402. The number of hydrogen-bond donors (Lipinski definition) is 4. The lowest BCUT2D eigenvalue weighted by atomic mass is 9.50. The highest BCUT2D eigenvalue weighted by molar-refractivity contribution is 6.07. The minimum absolute atomic E-state index is 0.0662. The summed E-state index contributed by atoms with van der Waals surface area (Å²) in [6.45, 7) is 1.98. The summed E-state index contributed by atoms with van der Waals surface area (Å²) in [4.78, 5) is 27.7. The molecule has 7 rings (SSSR count). The Kier molecular flexibility index (Phi) is 4.00. The van der Waals surface area contributed by atoms with E-state index in [0.717, 1.165) is 25.1 Å². The minimum Gasteiger partial charge on any atom is -0.508 e. The average molecular weight is 452 g/mol. The van der Waals surface area contributed by atoms with E-state index < -0.39 is 22.6 Å². The molecule has 2 aliphatic heterocycles. The Morgan fingerprint density at radius 1 is 1.12 bits per heavy atom. The zero-order valence-electron chi connectivity index (χ0n) is 19.0. The molecule has 3 saturated carbocycles. The van der Waals surface area contributed by atoms with E-state index in [1.807, 2.05) is 12.1 Å². The van der Waals surface area contributed by atoms with Crippen LogP contribution in [-0.2, 0) is 16.6 Å². The molecule has 0 radical (unpaired) electrons. The standard InChI is InChI=1S/C26H33N3O4/c30-17-7-6-16-10-18-20-13-29(12-15-4-2-1-3-5-15)21(18)26(33)9-8-24(22(31)27-23(32)28-24)14-25(20,26)19(16)11-17/h6-7,11,15,18,20-21,30,33H,1-5,8-10,12-14H2,(H2,27,28,31,32)/t18?,20?,21?,24-,25+,26+/m0/s1. The Morgan fingerprint density at radius 2 is 1.94 bits per heavy atom. The van der Waals surface area contributed by atoms with Crippen LogP contribution in [0.3, 0.4) is 0 Å². The molecule has 1 aromatic rings. The second-order valence-electron chi connectivity index (χ2n) is 11.8. The molecule has 2 saturated heterocycles. The number of aliphatic hydroxyl groups is 1. The molecule has 1 aromatic carbocycles. The van der Waals surface area contributed by atoms with Gasteiger partial charge in [0.1, 0.15) is 11.3 Å². The largest absolute Gasteiger partial charge is 0.508 e. The number of likely N-dealkylation sites (tertiary alicyclic amines) is 1. The predicted octanol–water partition coefficient (Wildman–Crippen LogP) is 2.19. The molecule has 3 unspecified atom stereocenters. The zero-order chi connectivity index (χ0) is 22.6. The molecule has 4 aliphatic carbocycles. The number of carbonyl (C=O) groups is 2. The average Bonchev–Trinajstić information content (AvgIpc) is 3.33. The molecular formula is C26H33N3O4. The molecule has 3 amide bonds. The molecule has 33 heavy (non-hydrogen) atoms. The van der Waals surface area contributed by atoms with Gasteiger partial charge in [0.15, 0.2) is 0 Å². The van der Waals surface area contributed by atoms with Gasteiger partial charge in [-0.05, 0) is 79.5 Å². The summed E-state index contributed by atoms with van der Waals surface area (Å²) in [5.74, 6) is 1.19. The van der Waals surface area contributed by atoms with Gasteiger partial charge in [0.25, 0.3) is 5.91 Å². The van der Waals surface area contributed by atoms with Crippen molar-refractivity contribution in [3.05, 3.63) is 29.3 Å². The number of fused-ring (bicyclic) bond motifs is 2. The maximum absolute atomic E-state index is 13.0. The van der Waals surface area contributed by atoms with E-state index in [9.17, 15) is 19.8 Å². The Morgan fingerprint density at radius 3 is 2.70 bits per heavy atom. The van der Waals surface area contributed by atoms with Crippen molar-refractivity contribution in [3.8, 4) is 5.75 Å². The molecule has 176 valence electrons. The van der Waals surface area contributed by atoms with Gasteiger partial charge in [-0.25, -0.2) is 4.79 Å².